The summed E-state index contributed by atoms with van der Waals surface area (Å²) in [5, 5.41) is 0. The van der Waals surface area contributed by atoms with Gasteiger partial charge in [-0.3, -0.25) is 0 Å². The van der Waals surface area contributed by atoms with Crippen LogP contribution in [0.15, 0.2) is 36.9 Å². The van der Waals surface area contributed by atoms with E-state index in [1.165, 1.54) is 69.8 Å². The lowest BCUT2D eigenvalue weighted by molar-refractivity contribution is 0.157. The van der Waals surface area contributed by atoms with Crippen LogP contribution in [0.25, 0.3) is 0 Å². The van der Waals surface area contributed by atoms with Crippen molar-refractivity contribution in [1.29, 1.82) is 0 Å². The maximum absolute atomic E-state index is 3.87. The summed E-state index contributed by atoms with van der Waals surface area (Å²) in [7, 11) is 0. The number of hydrogen-bond donors (Lipinski definition) is 0. The second-order valence-electron chi connectivity index (χ2n) is 8.13. The van der Waals surface area contributed by atoms with Gasteiger partial charge in [0, 0.05) is 4.43 Å². The fraction of sp³-hybridized carbons (Fsp3) is 0.652. The standard InChI is InChI=1S/C23H33I/c1-2-3-4-18-5-9-20(10-6-18)22-13-15-23(16-14-22)21-11-7-19(17-24)8-12-21/h2,7-8,11-12,18,20,22-23H,1,3-6,9-10,13-17H2. The number of allylic oxidation sites excluding steroid dienone is 1. The van der Waals surface area contributed by atoms with E-state index in [9.17, 15) is 0 Å². The molecule has 0 N–H and O–H groups in total. The summed E-state index contributed by atoms with van der Waals surface area (Å²) in [6, 6.07) is 9.45. The molecule has 2 aliphatic rings. The van der Waals surface area contributed by atoms with Gasteiger partial charge in [0.15, 0.2) is 0 Å². The lowest BCUT2D eigenvalue weighted by Gasteiger charge is -2.38. The zero-order valence-corrected chi connectivity index (χ0v) is 17.2. The van der Waals surface area contributed by atoms with Crippen molar-refractivity contribution >= 4 is 22.6 Å². The van der Waals surface area contributed by atoms with E-state index in [0.29, 0.717) is 0 Å². The molecule has 2 fully saturated rings. The van der Waals surface area contributed by atoms with E-state index in [1.54, 1.807) is 5.56 Å². The summed E-state index contributed by atoms with van der Waals surface area (Å²) in [4.78, 5) is 0. The zero-order valence-electron chi connectivity index (χ0n) is 15.1. The summed E-state index contributed by atoms with van der Waals surface area (Å²) < 4.78 is 1.13. The van der Waals surface area contributed by atoms with E-state index in [1.807, 2.05) is 0 Å². The molecule has 0 bridgehead atoms. The Bertz CT molecular complexity index is 487. The van der Waals surface area contributed by atoms with Crippen molar-refractivity contribution in [2.75, 3.05) is 0 Å². The van der Waals surface area contributed by atoms with Crippen LogP contribution in [0.3, 0.4) is 0 Å². The maximum atomic E-state index is 3.87. The Morgan fingerprint density at radius 1 is 0.875 bits per heavy atom. The molecule has 0 unspecified atom stereocenters. The van der Waals surface area contributed by atoms with Crippen LogP contribution in [0.4, 0.5) is 0 Å². The molecular weight excluding hydrogens is 403 g/mol. The molecule has 2 saturated carbocycles. The van der Waals surface area contributed by atoms with Crippen LogP contribution >= 0.6 is 22.6 Å². The number of rotatable bonds is 6. The van der Waals surface area contributed by atoms with E-state index >= 15 is 0 Å². The molecule has 24 heavy (non-hydrogen) atoms. The summed E-state index contributed by atoms with van der Waals surface area (Å²) in [6.07, 6.45) is 16.5. The Morgan fingerprint density at radius 2 is 1.46 bits per heavy atom. The average Bonchev–Trinajstić information content (AvgIpc) is 2.67. The first kappa shape index (κ1) is 18.5. The number of hydrogen-bond acceptors (Lipinski definition) is 0. The first-order valence-corrected chi connectivity index (χ1v) is 11.6. The van der Waals surface area contributed by atoms with Crippen LogP contribution in [-0.2, 0) is 4.43 Å². The van der Waals surface area contributed by atoms with Gasteiger partial charge in [-0.1, -0.05) is 65.8 Å². The summed E-state index contributed by atoms with van der Waals surface area (Å²) in [5.41, 5.74) is 3.05. The van der Waals surface area contributed by atoms with Gasteiger partial charge in [0.05, 0.1) is 0 Å². The minimum absolute atomic E-state index is 0.827. The topological polar surface area (TPSA) is 0 Å². The van der Waals surface area contributed by atoms with E-state index in [4.69, 9.17) is 0 Å². The SMILES string of the molecule is C=CCCC1CCC(C2CCC(c3ccc(CI)cc3)CC2)CC1. The monoisotopic (exact) mass is 436 g/mol. The molecule has 0 heterocycles. The smallest absolute Gasteiger partial charge is 0.0247 e. The molecule has 1 heteroatoms. The molecule has 0 nitrogen and oxygen atoms in total. The van der Waals surface area contributed by atoms with Gasteiger partial charge in [-0.2, -0.15) is 0 Å². The Hall–Kier alpha value is -0.310. The predicted octanol–water partition coefficient (Wildman–Crippen LogP) is 7.67. The first-order valence-electron chi connectivity index (χ1n) is 10.1. The van der Waals surface area contributed by atoms with Crippen LogP contribution < -0.4 is 0 Å². The molecule has 0 spiro atoms. The molecule has 0 aliphatic heterocycles. The normalized spacial score (nSPS) is 30.9. The predicted molar refractivity (Wildman–Crippen MR) is 114 cm³/mol. The van der Waals surface area contributed by atoms with Gasteiger partial charge in [0.1, 0.15) is 0 Å². The van der Waals surface area contributed by atoms with Gasteiger partial charge in [0.2, 0.25) is 0 Å². The number of benzene rings is 1. The second kappa shape index (κ2) is 9.40. The molecule has 132 valence electrons. The van der Waals surface area contributed by atoms with Gasteiger partial charge in [-0.05, 0) is 86.2 Å². The first-order chi connectivity index (χ1) is 11.8. The minimum atomic E-state index is 0.827. The Balaban J connectivity index is 1.44. The van der Waals surface area contributed by atoms with Gasteiger partial charge in [-0.15, -0.1) is 6.58 Å². The van der Waals surface area contributed by atoms with Crippen LogP contribution in [0, 0.1) is 17.8 Å². The Labute approximate surface area is 162 Å². The molecule has 1 aromatic rings. The third-order valence-electron chi connectivity index (χ3n) is 6.71. The van der Waals surface area contributed by atoms with Crippen LogP contribution in [0.1, 0.15) is 81.3 Å². The highest BCUT2D eigenvalue weighted by molar-refractivity contribution is 14.1. The molecule has 0 aromatic heterocycles. The van der Waals surface area contributed by atoms with Crippen molar-refractivity contribution in [3.8, 4) is 0 Å². The maximum Gasteiger partial charge on any atom is 0.0247 e. The van der Waals surface area contributed by atoms with E-state index in [-0.39, 0.29) is 0 Å². The highest BCUT2D eigenvalue weighted by Crippen LogP contribution is 2.44. The van der Waals surface area contributed by atoms with Gasteiger partial charge in [-0.25, -0.2) is 0 Å². The Morgan fingerprint density at radius 3 is 2.00 bits per heavy atom. The molecule has 3 rings (SSSR count). The zero-order chi connectivity index (χ0) is 16.8. The molecule has 0 amide bonds. The van der Waals surface area contributed by atoms with Gasteiger partial charge < -0.3 is 0 Å². The van der Waals surface area contributed by atoms with Crippen LogP contribution in [0.5, 0.6) is 0 Å². The minimum Gasteiger partial charge on any atom is -0.103 e. The molecule has 2 aliphatic carbocycles. The summed E-state index contributed by atoms with van der Waals surface area (Å²) in [5.74, 6) is 3.88. The fourth-order valence-electron chi connectivity index (χ4n) is 5.10. The second-order valence-corrected chi connectivity index (χ2v) is 8.90. The van der Waals surface area contributed by atoms with Crippen molar-refractivity contribution < 1.29 is 0 Å². The van der Waals surface area contributed by atoms with Crippen molar-refractivity contribution in [2.45, 2.75) is 74.6 Å². The molecule has 0 radical (unpaired) electrons. The average molecular weight is 436 g/mol. The van der Waals surface area contributed by atoms with E-state index in [2.05, 4.69) is 59.5 Å². The lowest BCUT2D eigenvalue weighted by atomic mass is 9.68. The van der Waals surface area contributed by atoms with Crippen molar-refractivity contribution in [3.63, 3.8) is 0 Å². The summed E-state index contributed by atoms with van der Waals surface area (Å²) >= 11 is 2.45. The Kier molecular flexibility index (Phi) is 7.24. The van der Waals surface area contributed by atoms with Crippen molar-refractivity contribution in [2.24, 2.45) is 17.8 Å². The number of halogens is 1. The number of alkyl halides is 1. The van der Waals surface area contributed by atoms with Crippen molar-refractivity contribution in [1.82, 2.24) is 0 Å². The fourth-order valence-corrected chi connectivity index (χ4v) is 5.61. The third-order valence-corrected chi connectivity index (χ3v) is 7.60. The van der Waals surface area contributed by atoms with Crippen LogP contribution in [0.2, 0.25) is 0 Å². The summed E-state index contributed by atoms with van der Waals surface area (Å²) in [6.45, 7) is 3.87. The highest BCUT2D eigenvalue weighted by Gasteiger charge is 2.31. The largest absolute Gasteiger partial charge is 0.103 e. The third kappa shape index (κ3) is 4.86. The van der Waals surface area contributed by atoms with Crippen LogP contribution in [-0.4, -0.2) is 0 Å². The highest BCUT2D eigenvalue weighted by atomic mass is 127. The quantitative estimate of drug-likeness (QED) is 0.244. The molecule has 0 saturated heterocycles. The molecule has 1 aromatic carbocycles. The van der Waals surface area contributed by atoms with Crippen molar-refractivity contribution in [3.05, 3.63) is 48.0 Å². The van der Waals surface area contributed by atoms with E-state index < -0.39 is 0 Å². The van der Waals surface area contributed by atoms with Gasteiger partial charge in [0.25, 0.3) is 0 Å². The lowest BCUT2D eigenvalue weighted by Crippen LogP contribution is -2.25. The van der Waals surface area contributed by atoms with Gasteiger partial charge >= 0.3 is 0 Å². The van der Waals surface area contributed by atoms with E-state index in [0.717, 1.165) is 28.1 Å². The molecular formula is C23H33I. The molecule has 0 atom stereocenters.